The van der Waals surface area contributed by atoms with Gasteiger partial charge >= 0.3 is 6.18 Å². The molecule has 0 heterocycles. The third-order valence-electron chi connectivity index (χ3n) is 2.46. The number of benzene rings is 1. The maximum absolute atomic E-state index is 13.7. The van der Waals surface area contributed by atoms with Crippen LogP contribution in [-0.2, 0) is 6.54 Å². The number of nitrogens with zero attached hydrogens (tertiary/aromatic N) is 1. The van der Waals surface area contributed by atoms with Crippen LogP contribution < -0.4 is 0 Å². The van der Waals surface area contributed by atoms with Crippen molar-refractivity contribution < 1.29 is 22.0 Å². The molecule has 19 heavy (non-hydrogen) atoms. The van der Waals surface area contributed by atoms with E-state index in [4.69, 9.17) is 0 Å². The van der Waals surface area contributed by atoms with Gasteiger partial charge in [-0.05, 0) is 41.0 Å². The van der Waals surface area contributed by atoms with E-state index < -0.39 is 30.9 Å². The van der Waals surface area contributed by atoms with E-state index in [0.717, 1.165) is 11.0 Å². The third-order valence-corrected chi connectivity index (χ3v) is 3.08. The van der Waals surface area contributed by atoms with Crippen molar-refractivity contribution in [2.75, 3.05) is 13.1 Å². The highest BCUT2D eigenvalue weighted by molar-refractivity contribution is 9.10. The van der Waals surface area contributed by atoms with Crippen molar-refractivity contribution in [1.82, 2.24) is 4.90 Å². The SMILES string of the molecule is CCCN(Cc1c(F)ccc(Br)c1F)CC(F)(F)F. The molecule has 0 N–H and O–H groups in total. The van der Waals surface area contributed by atoms with Crippen LogP contribution in [0.1, 0.15) is 18.9 Å². The van der Waals surface area contributed by atoms with Gasteiger partial charge in [0.2, 0.25) is 0 Å². The van der Waals surface area contributed by atoms with Crippen LogP contribution in [0.25, 0.3) is 0 Å². The first kappa shape index (κ1) is 16.4. The van der Waals surface area contributed by atoms with Crippen LogP contribution in [0.15, 0.2) is 16.6 Å². The zero-order chi connectivity index (χ0) is 14.6. The van der Waals surface area contributed by atoms with E-state index in [9.17, 15) is 22.0 Å². The average molecular weight is 346 g/mol. The number of rotatable bonds is 5. The second kappa shape index (κ2) is 6.65. The standard InChI is InChI=1S/C12H13BrF5N/c1-2-5-19(7-12(16,17)18)6-8-10(14)4-3-9(13)11(8)15/h3-4H,2,5-7H2,1H3. The van der Waals surface area contributed by atoms with Gasteiger partial charge in [-0.25, -0.2) is 8.78 Å². The molecule has 0 atom stereocenters. The van der Waals surface area contributed by atoms with Gasteiger partial charge in [0.1, 0.15) is 11.6 Å². The Hall–Kier alpha value is -0.690. The van der Waals surface area contributed by atoms with E-state index in [2.05, 4.69) is 15.9 Å². The molecule has 1 nitrogen and oxygen atoms in total. The average Bonchev–Trinajstić information content (AvgIpc) is 2.28. The molecule has 0 radical (unpaired) electrons. The zero-order valence-electron chi connectivity index (χ0n) is 10.2. The molecule has 0 aromatic heterocycles. The summed E-state index contributed by atoms with van der Waals surface area (Å²) in [6, 6.07) is 2.21. The maximum Gasteiger partial charge on any atom is 0.401 e. The van der Waals surface area contributed by atoms with Crippen LogP contribution in [-0.4, -0.2) is 24.2 Å². The van der Waals surface area contributed by atoms with Gasteiger partial charge in [0.05, 0.1) is 11.0 Å². The molecule has 0 amide bonds. The Morgan fingerprint density at radius 2 is 1.84 bits per heavy atom. The van der Waals surface area contributed by atoms with Gasteiger partial charge in [-0.2, -0.15) is 13.2 Å². The van der Waals surface area contributed by atoms with E-state index in [1.807, 2.05) is 0 Å². The van der Waals surface area contributed by atoms with E-state index in [1.54, 1.807) is 6.92 Å². The summed E-state index contributed by atoms with van der Waals surface area (Å²) < 4.78 is 64.4. The fraction of sp³-hybridized carbons (Fsp3) is 0.500. The molecule has 108 valence electrons. The maximum atomic E-state index is 13.7. The van der Waals surface area contributed by atoms with E-state index in [1.165, 1.54) is 6.07 Å². The summed E-state index contributed by atoms with van der Waals surface area (Å²) >= 11 is 2.89. The Bertz CT molecular complexity index is 433. The molecule has 1 aromatic rings. The molecule has 1 aromatic carbocycles. The lowest BCUT2D eigenvalue weighted by Gasteiger charge is -2.23. The number of alkyl halides is 3. The molecule has 0 aliphatic carbocycles. The number of hydrogen-bond acceptors (Lipinski definition) is 1. The van der Waals surface area contributed by atoms with Crippen LogP contribution in [0.4, 0.5) is 22.0 Å². The second-order valence-corrected chi connectivity index (χ2v) is 5.00. The molecule has 0 unspecified atom stereocenters. The number of halogens is 6. The van der Waals surface area contributed by atoms with Crippen LogP contribution >= 0.6 is 15.9 Å². The van der Waals surface area contributed by atoms with Crippen molar-refractivity contribution in [3.8, 4) is 0 Å². The lowest BCUT2D eigenvalue weighted by Crippen LogP contribution is -2.34. The zero-order valence-corrected chi connectivity index (χ0v) is 11.8. The first-order valence-electron chi connectivity index (χ1n) is 5.66. The quantitative estimate of drug-likeness (QED) is 0.561. The molecule has 7 heteroatoms. The fourth-order valence-corrected chi connectivity index (χ4v) is 2.09. The second-order valence-electron chi connectivity index (χ2n) is 4.15. The van der Waals surface area contributed by atoms with Gasteiger partial charge in [-0.1, -0.05) is 6.92 Å². The van der Waals surface area contributed by atoms with Gasteiger partial charge < -0.3 is 0 Å². The topological polar surface area (TPSA) is 3.24 Å². The lowest BCUT2D eigenvalue weighted by atomic mass is 10.1. The largest absolute Gasteiger partial charge is 0.401 e. The molecule has 0 spiro atoms. The van der Waals surface area contributed by atoms with Gasteiger partial charge in [-0.15, -0.1) is 0 Å². The molecule has 0 aliphatic heterocycles. The lowest BCUT2D eigenvalue weighted by molar-refractivity contribution is -0.147. The fourth-order valence-electron chi connectivity index (χ4n) is 1.72. The summed E-state index contributed by atoms with van der Waals surface area (Å²) in [5, 5.41) is 0. The summed E-state index contributed by atoms with van der Waals surface area (Å²) in [5.41, 5.74) is -0.355. The van der Waals surface area contributed by atoms with E-state index in [-0.39, 0.29) is 16.6 Å². The summed E-state index contributed by atoms with van der Waals surface area (Å²) in [6.45, 7) is 0.221. The predicted molar refractivity (Wildman–Crippen MR) is 65.7 cm³/mol. The molecular weight excluding hydrogens is 333 g/mol. The Balaban J connectivity index is 2.93. The highest BCUT2D eigenvalue weighted by Crippen LogP contribution is 2.24. The van der Waals surface area contributed by atoms with Gasteiger partial charge in [0, 0.05) is 12.1 Å². The molecule has 1 rings (SSSR count). The monoisotopic (exact) mass is 345 g/mol. The molecular formula is C12H13BrF5N. The van der Waals surface area contributed by atoms with Crippen LogP contribution in [0, 0.1) is 11.6 Å². The van der Waals surface area contributed by atoms with Crippen molar-refractivity contribution >= 4 is 15.9 Å². The highest BCUT2D eigenvalue weighted by atomic mass is 79.9. The molecule has 0 fully saturated rings. The minimum absolute atomic E-state index is 0.0346. The Morgan fingerprint density at radius 1 is 1.21 bits per heavy atom. The predicted octanol–water partition coefficient (Wildman–Crippen LogP) is 4.50. The van der Waals surface area contributed by atoms with Gasteiger partial charge in [0.25, 0.3) is 0 Å². The first-order valence-corrected chi connectivity index (χ1v) is 6.45. The summed E-state index contributed by atoms with van der Waals surface area (Å²) in [7, 11) is 0. The summed E-state index contributed by atoms with van der Waals surface area (Å²) in [6.07, 6.45) is -3.93. The minimum atomic E-state index is -4.39. The molecule has 0 aliphatic rings. The van der Waals surface area contributed by atoms with Crippen LogP contribution in [0.3, 0.4) is 0 Å². The smallest absolute Gasteiger partial charge is 0.290 e. The summed E-state index contributed by atoms with van der Waals surface area (Å²) in [5.74, 6) is -1.70. The molecule has 0 saturated carbocycles. The van der Waals surface area contributed by atoms with E-state index >= 15 is 0 Å². The Labute approximate surface area is 116 Å². The van der Waals surface area contributed by atoms with Crippen molar-refractivity contribution in [1.29, 1.82) is 0 Å². The molecule has 0 bridgehead atoms. The van der Waals surface area contributed by atoms with E-state index in [0.29, 0.717) is 6.42 Å². The van der Waals surface area contributed by atoms with Crippen molar-refractivity contribution in [3.05, 3.63) is 33.8 Å². The summed E-state index contributed by atoms with van der Waals surface area (Å²) in [4.78, 5) is 0.980. The Kier molecular flexibility index (Phi) is 5.73. The van der Waals surface area contributed by atoms with Crippen LogP contribution in [0.2, 0.25) is 0 Å². The highest BCUT2D eigenvalue weighted by Gasteiger charge is 2.31. The van der Waals surface area contributed by atoms with Crippen molar-refractivity contribution in [2.45, 2.75) is 26.1 Å². The van der Waals surface area contributed by atoms with Gasteiger partial charge in [-0.3, -0.25) is 4.90 Å². The van der Waals surface area contributed by atoms with Gasteiger partial charge in [0.15, 0.2) is 0 Å². The first-order chi connectivity index (χ1) is 8.74. The van der Waals surface area contributed by atoms with Crippen molar-refractivity contribution in [2.24, 2.45) is 0 Å². The Morgan fingerprint density at radius 3 is 2.37 bits per heavy atom. The minimum Gasteiger partial charge on any atom is -0.290 e. The van der Waals surface area contributed by atoms with Crippen LogP contribution in [0.5, 0.6) is 0 Å². The normalized spacial score (nSPS) is 12.2. The third kappa shape index (κ3) is 5.06. The number of hydrogen-bond donors (Lipinski definition) is 0. The van der Waals surface area contributed by atoms with Crippen molar-refractivity contribution in [3.63, 3.8) is 0 Å². The molecule has 0 saturated heterocycles.